The lowest BCUT2D eigenvalue weighted by atomic mass is 9.98. The molecule has 0 amide bonds. The largest absolute Gasteiger partial charge is 0.383 e. The van der Waals surface area contributed by atoms with E-state index in [1.807, 2.05) is 13.8 Å². The number of anilines is 1. The van der Waals surface area contributed by atoms with E-state index in [2.05, 4.69) is 18.8 Å². The van der Waals surface area contributed by atoms with Crippen molar-refractivity contribution in [1.82, 2.24) is 9.55 Å². The van der Waals surface area contributed by atoms with Crippen LogP contribution in [0.2, 0.25) is 0 Å². The fourth-order valence-electron chi connectivity index (χ4n) is 2.73. The molecule has 2 N–H and O–H groups in total. The van der Waals surface area contributed by atoms with E-state index in [0.29, 0.717) is 6.61 Å². The van der Waals surface area contributed by atoms with E-state index in [0.717, 1.165) is 12.0 Å². The van der Waals surface area contributed by atoms with E-state index in [9.17, 15) is 4.79 Å². The van der Waals surface area contributed by atoms with Gasteiger partial charge in [-0.1, -0.05) is 13.8 Å². The van der Waals surface area contributed by atoms with E-state index >= 15 is 0 Å². The highest BCUT2D eigenvalue weighted by molar-refractivity contribution is 5.35. The summed E-state index contributed by atoms with van der Waals surface area (Å²) in [4.78, 5) is 15.9. The zero-order valence-electron chi connectivity index (χ0n) is 12.5. The van der Waals surface area contributed by atoms with Crippen molar-refractivity contribution in [2.45, 2.75) is 52.6 Å². The minimum Gasteiger partial charge on any atom is -0.383 e. The first-order valence-corrected chi connectivity index (χ1v) is 7.11. The van der Waals surface area contributed by atoms with Gasteiger partial charge in [0.1, 0.15) is 11.9 Å². The minimum atomic E-state index is -0.436. The fraction of sp³-hybridized carbons (Fsp3) is 0.714. The van der Waals surface area contributed by atoms with Gasteiger partial charge in [0.2, 0.25) is 0 Å². The van der Waals surface area contributed by atoms with Gasteiger partial charge in [0.15, 0.2) is 6.23 Å². The molecule has 0 bridgehead atoms. The summed E-state index contributed by atoms with van der Waals surface area (Å²) in [6.07, 6.45) is 2.09. The average Bonchev–Trinajstić information content (AvgIpc) is 2.72. The fourth-order valence-corrected chi connectivity index (χ4v) is 2.73. The van der Waals surface area contributed by atoms with Crippen LogP contribution in [-0.2, 0) is 9.47 Å². The molecule has 0 radical (unpaired) electrons. The van der Waals surface area contributed by atoms with E-state index in [1.54, 1.807) is 6.20 Å². The standard InChI is InChI=1S/C14H23N3O3/c1-5-10-9(4)11(19-6-2)13(20-10)17-7-8(3)12(15)16-14(17)18/h7,9-11,13H,5-6H2,1-4H3,(H2,15,16,18)/t9-,10-,11-,13-/m1/s1. The summed E-state index contributed by atoms with van der Waals surface area (Å²) in [6, 6.07) is 0. The third-order valence-electron chi connectivity index (χ3n) is 3.91. The molecular weight excluding hydrogens is 258 g/mol. The summed E-state index contributed by atoms with van der Waals surface area (Å²) in [7, 11) is 0. The Labute approximate surface area is 118 Å². The summed E-state index contributed by atoms with van der Waals surface area (Å²) in [5.74, 6) is 0.493. The third-order valence-corrected chi connectivity index (χ3v) is 3.91. The molecule has 0 spiro atoms. The topological polar surface area (TPSA) is 79.4 Å². The maximum atomic E-state index is 12.1. The Bertz CT molecular complexity index is 529. The SMILES string of the molecule is CCO[C@@H]1[C@H](C)[C@@H](CC)O[C@H]1n1cc(C)c(N)nc1=O. The number of hydrogen-bond acceptors (Lipinski definition) is 5. The van der Waals surface area contributed by atoms with Gasteiger partial charge in [-0.05, 0) is 20.3 Å². The predicted octanol–water partition coefficient (Wildman–Crippen LogP) is 1.48. The number of rotatable bonds is 4. The number of hydrogen-bond donors (Lipinski definition) is 1. The molecule has 0 saturated carbocycles. The lowest BCUT2D eigenvalue weighted by molar-refractivity contribution is -0.0637. The van der Waals surface area contributed by atoms with Gasteiger partial charge in [-0.2, -0.15) is 4.98 Å². The van der Waals surface area contributed by atoms with E-state index in [1.165, 1.54) is 4.57 Å². The number of ether oxygens (including phenoxy) is 2. The van der Waals surface area contributed by atoms with Crippen LogP contribution in [0.25, 0.3) is 0 Å². The molecule has 0 aromatic carbocycles. The molecule has 2 rings (SSSR count). The summed E-state index contributed by atoms with van der Waals surface area (Å²) >= 11 is 0. The molecule has 1 aliphatic heterocycles. The molecule has 1 saturated heterocycles. The molecule has 0 aliphatic carbocycles. The van der Waals surface area contributed by atoms with Crippen LogP contribution < -0.4 is 11.4 Å². The second-order valence-electron chi connectivity index (χ2n) is 5.25. The van der Waals surface area contributed by atoms with Crippen LogP contribution in [0.3, 0.4) is 0 Å². The Kier molecular flexibility index (Phi) is 4.45. The molecule has 1 fully saturated rings. The first-order valence-electron chi connectivity index (χ1n) is 7.11. The van der Waals surface area contributed by atoms with E-state index in [4.69, 9.17) is 15.2 Å². The molecule has 6 nitrogen and oxygen atoms in total. The van der Waals surface area contributed by atoms with Crippen LogP contribution in [-0.4, -0.2) is 28.4 Å². The van der Waals surface area contributed by atoms with Gasteiger partial charge in [-0.15, -0.1) is 0 Å². The maximum Gasteiger partial charge on any atom is 0.351 e. The molecule has 1 aliphatic rings. The normalized spacial score (nSPS) is 29.8. The number of aromatic nitrogens is 2. The summed E-state index contributed by atoms with van der Waals surface area (Å²) in [6.45, 7) is 8.52. The van der Waals surface area contributed by atoms with E-state index < -0.39 is 11.9 Å². The first kappa shape index (κ1) is 15.0. The van der Waals surface area contributed by atoms with Gasteiger partial charge < -0.3 is 15.2 Å². The first-order chi connectivity index (χ1) is 9.49. The smallest absolute Gasteiger partial charge is 0.351 e. The maximum absolute atomic E-state index is 12.1. The van der Waals surface area contributed by atoms with Gasteiger partial charge in [0.05, 0.1) is 6.10 Å². The molecule has 2 heterocycles. The molecule has 4 atom stereocenters. The van der Waals surface area contributed by atoms with Crippen molar-refractivity contribution in [3.05, 3.63) is 22.2 Å². The Hall–Kier alpha value is -1.40. The number of nitrogens with zero attached hydrogens (tertiary/aromatic N) is 2. The van der Waals surface area contributed by atoms with Crippen molar-refractivity contribution in [2.75, 3.05) is 12.3 Å². The third kappa shape index (κ3) is 2.58. The van der Waals surface area contributed by atoms with Crippen molar-refractivity contribution in [2.24, 2.45) is 5.92 Å². The highest BCUT2D eigenvalue weighted by Gasteiger charge is 2.43. The number of aryl methyl sites for hydroxylation is 1. The molecule has 1 aromatic rings. The summed E-state index contributed by atoms with van der Waals surface area (Å²) in [5.41, 5.74) is 6.03. The van der Waals surface area contributed by atoms with Gasteiger partial charge >= 0.3 is 5.69 Å². The zero-order chi connectivity index (χ0) is 14.9. The highest BCUT2D eigenvalue weighted by atomic mass is 16.6. The summed E-state index contributed by atoms with van der Waals surface area (Å²) in [5, 5.41) is 0. The van der Waals surface area contributed by atoms with Crippen LogP contribution in [0, 0.1) is 12.8 Å². The molecule has 6 heteroatoms. The second kappa shape index (κ2) is 5.93. The van der Waals surface area contributed by atoms with Crippen LogP contribution >= 0.6 is 0 Å². The van der Waals surface area contributed by atoms with Crippen molar-refractivity contribution in [3.63, 3.8) is 0 Å². The van der Waals surface area contributed by atoms with E-state index in [-0.39, 0.29) is 23.9 Å². The van der Waals surface area contributed by atoms with Crippen molar-refractivity contribution in [3.8, 4) is 0 Å². The highest BCUT2D eigenvalue weighted by Crippen LogP contribution is 2.36. The summed E-state index contributed by atoms with van der Waals surface area (Å²) < 4.78 is 13.3. The van der Waals surface area contributed by atoms with Crippen molar-refractivity contribution < 1.29 is 9.47 Å². The van der Waals surface area contributed by atoms with Gasteiger partial charge in [-0.3, -0.25) is 4.57 Å². The van der Waals surface area contributed by atoms with Gasteiger partial charge in [0, 0.05) is 24.3 Å². The Balaban J connectivity index is 2.39. The Morgan fingerprint density at radius 2 is 2.20 bits per heavy atom. The lowest BCUT2D eigenvalue weighted by Gasteiger charge is -2.22. The van der Waals surface area contributed by atoms with Crippen LogP contribution in [0.15, 0.2) is 11.0 Å². The van der Waals surface area contributed by atoms with Crippen LogP contribution in [0.4, 0.5) is 5.82 Å². The molecule has 20 heavy (non-hydrogen) atoms. The minimum absolute atomic E-state index is 0.0845. The van der Waals surface area contributed by atoms with Crippen molar-refractivity contribution >= 4 is 5.82 Å². The Morgan fingerprint density at radius 3 is 2.80 bits per heavy atom. The molecular formula is C14H23N3O3. The lowest BCUT2D eigenvalue weighted by Crippen LogP contribution is -2.35. The molecule has 1 aromatic heterocycles. The second-order valence-corrected chi connectivity index (χ2v) is 5.25. The van der Waals surface area contributed by atoms with Gasteiger partial charge in [0.25, 0.3) is 0 Å². The molecule has 0 unspecified atom stereocenters. The van der Waals surface area contributed by atoms with Gasteiger partial charge in [-0.25, -0.2) is 4.79 Å². The van der Waals surface area contributed by atoms with Crippen molar-refractivity contribution in [1.29, 1.82) is 0 Å². The monoisotopic (exact) mass is 281 g/mol. The number of nitrogens with two attached hydrogens (primary N) is 1. The van der Waals surface area contributed by atoms with Crippen LogP contribution in [0.5, 0.6) is 0 Å². The molecule has 112 valence electrons. The quantitative estimate of drug-likeness (QED) is 0.904. The number of nitrogen functional groups attached to an aromatic ring is 1. The predicted molar refractivity (Wildman–Crippen MR) is 76.4 cm³/mol. The Morgan fingerprint density at radius 1 is 1.50 bits per heavy atom. The average molecular weight is 281 g/mol. The van der Waals surface area contributed by atoms with Crippen LogP contribution in [0.1, 0.15) is 39.0 Å². The zero-order valence-corrected chi connectivity index (χ0v) is 12.5.